The maximum absolute atomic E-state index is 14.5. The van der Waals surface area contributed by atoms with Crippen LogP contribution in [0.4, 0.5) is 4.39 Å². The molecule has 0 radical (unpaired) electrons. The van der Waals surface area contributed by atoms with Crippen molar-refractivity contribution >= 4 is 26.5 Å². The number of halogens is 1. The van der Waals surface area contributed by atoms with Crippen molar-refractivity contribution in [1.82, 2.24) is 14.5 Å². The standard InChI is InChI=1S/C27H30FN4O2P.C2H6/c1-17-13-31(16-30-17)23-8-4-18(11-24(23)33-3)10-19-5-7-21-14-34-15-27(2,32(21)26(19)29)20-6-9-25(35)22(28)12-20;1-2/h4,6,8-13,16,21,29H,5,7,14-15,35H2,1-3H3;1-2H3/b19-10+,29-26?;. The molecule has 1 N–H and O–H groups in total. The Morgan fingerprint density at radius 2 is 2.03 bits per heavy atom. The number of hydrogen-bond acceptors (Lipinski definition) is 4. The highest BCUT2D eigenvalue weighted by Gasteiger charge is 2.46. The number of piperidine rings is 1. The van der Waals surface area contributed by atoms with E-state index in [2.05, 4.69) is 25.2 Å². The lowest BCUT2D eigenvalue weighted by Gasteiger charge is -2.53. The molecule has 2 saturated heterocycles. The first-order valence-electron chi connectivity index (χ1n) is 12.7. The molecule has 37 heavy (non-hydrogen) atoms. The van der Waals surface area contributed by atoms with Crippen molar-refractivity contribution in [3.63, 3.8) is 0 Å². The fraction of sp³-hybridized carbons (Fsp3) is 0.379. The zero-order valence-electron chi connectivity index (χ0n) is 22.2. The number of fused-ring (bicyclic) bond motifs is 1. The third-order valence-electron chi connectivity index (χ3n) is 7.04. The SMILES string of the molecule is CC.COc1cc(/C=C2\CCC3COCC(C)(c4ccc(P)c(F)c4)N3C2=N)ccc1-n1cnc(C)c1. The van der Waals surface area contributed by atoms with Crippen LogP contribution >= 0.6 is 9.24 Å². The first kappa shape index (κ1) is 27.0. The number of aromatic nitrogens is 2. The van der Waals surface area contributed by atoms with Gasteiger partial charge in [0.2, 0.25) is 0 Å². The minimum Gasteiger partial charge on any atom is -0.495 e. The Labute approximate surface area is 221 Å². The maximum atomic E-state index is 14.5. The van der Waals surface area contributed by atoms with Crippen molar-refractivity contribution < 1.29 is 13.9 Å². The number of ether oxygens (including phenoxy) is 2. The number of nitrogens with zero attached hydrogens (tertiary/aromatic N) is 3. The highest BCUT2D eigenvalue weighted by molar-refractivity contribution is 7.27. The summed E-state index contributed by atoms with van der Waals surface area (Å²) in [4.78, 5) is 6.44. The van der Waals surface area contributed by atoms with Crippen molar-refractivity contribution in [2.24, 2.45) is 0 Å². The summed E-state index contributed by atoms with van der Waals surface area (Å²) in [5.74, 6) is 0.937. The van der Waals surface area contributed by atoms with Gasteiger partial charge in [0.1, 0.15) is 17.4 Å². The van der Waals surface area contributed by atoms with Crippen LogP contribution in [0.15, 0.2) is 54.5 Å². The van der Waals surface area contributed by atoms with Crippen LogP contribution in [0.5, 0.6) is 5.75 Å². The van der Waals surface area contributed by atoms with Crippen LogP contribution in [0, 0.1) is 18.2 Å². The number of nitrogens with one attached hydrogen (secondary N) is 1. The van der Waals surface area contributed by atoms with E-state index in [4.69, 9.17) is 14.9 Å². The van der Waals surface area contributed by atoms with Crippen molar-refractivity contribution in [1.29, 1.82) is 5.41 Å². The summed E-state index contributed by atoms with van der Waals surface area (Å²) in [7, 11) is 4.08. The molecule has 3 atom stereocenters. The molecule has 0 amide bonds. The van der Waals surface area contributed by atoms with Gasteiger partial charge in [-0.1, -0.05) is 32.0 Å². The van der Waals surface area contributed by atoms with Crippen LogP contribution in [-0.2, 0) is 10.3 Å². The lowest BCUT2D eigenvalue weighted by Crippen LogP contribution is -2.62. The molecule has 8 heteroatoms. The summed E-state index contributed by atoms with van der Waals surface area (Å²) in [6.07, 6.45) is 7.44. The molecular weight excluding hydrogens is 486 g/mol. The van der Waals surface area contributed by atoms with Crippen molar-refractivity contribution in [2.75, 3.05) is 20.3 Å². The fourth-order valence-corrected chi connectivity index (χ4v) is 5.33. The highest BCUT2D eigenvalue weighted by Crippen LogP contribution is 2.40. The predicted octanol–water partition coefficient (Wildman–Crippen LogP) is 5.63. The molecule has 3 aromatic rings. The Kier molecular flexibility index (Phi) is 8.15. The van der Waals surface area contributed by atoms with Gasteiger partial charge in [0.25, 0.3) is 0 Å². The second-order valence-corrected chi connectivity index (χ2v) is 10.1. The van der Waals surface area contributed by atoms with Gasteiger partial charge >= 0.3 is 0 Å². The van der Waals surface area contributed by atoms with E-state index in [9.17, 15) is 4.39 Å². The minimum absolute atomic E-state index is 0.0820. The van der Waals surface area contributed by atoms with Crippen LogP contribution in [0.3, 0.4) is 0 Å². The second kappa shape index (κ2) is 11.2. The molecule has 0 saturated carbocycles. The minimum atomic E-state index is -0.625. The van der Waals surface area contributed by atoms with Gasteiger partial charge in [0.05, 0.1) is 49.6 Å². The maximum Gasteiger partial charge on any atom is 0.143 e. The second-order valence-electron chi connectivity index (χ2n) is 9.46. The summed E-state index contributed by atoms with van der Waals surface area (Å²) in [5, 5.41) is 9.69. The molecule has 2 aliphatic heterocycles. The molecule has 1 aromatic heterocycles. The topological polar surface area (TPSA) is 63.4 Å². The largest absolute Gasteiger partial charge is 0.495 e. The monoisotopic (exact) mass is 522 g/mol. The molecule has 0 bridgehead atoms. The van der Waals surface area contributed by atoms with Crippen molar-refractivity contribution in [2.45, 2.75) is 52.1 Å². The zero-order valence-corrected chi connectivity index (χ0v) is 23.4. The Hall–Kier alpha value is -3.02. The Morgan fingerprint density at radius 3 is 2.70 bits per heavy atom. The molecule has 0 aliphatic carbocycles. The number of imidazole rings is 1. The van der Waals surface area contributed by atoms with Gasteiger partial charge in [0, 0.05) is 11.5 Å². The number of methoxy groups -OCH3 is 1. The normalized spacial score (nSPS) is 22.4. The lowest BCUT2D eigenvalue weighted by atomic mass is 9.83. The average molecular weight is 523 g/mol. The molecule has 3 unspecified atom stereocenters. The van der Waals surface area contributed by atoms with Crippen LogP contribution < -0.4 is 10.0 Å². The molecule has 3 heterocycles. The summed E-state index contributed by atoms with van der Waals surface area (Å²) >= 11 is 0. The van der Waals surface area contributed by atoms with E-state index in [1.165, 1.54) is 0 Å². The van der Waals surface area contributed by atoms with E-state index in [1.807, 2.05) is 62.7 Å². The summed E-state index contributed by atoms with van der Waals surface area (Å²) in [6, 6.07) is 11.4. The van der Waals surface area contributed by atoms with Crippen molar-refractivity contribution in [3.05, 3.63) is 77.1 Å². The zero-order chi connectivity index (χ0) is 26.7. The van der Waals surface area contributed by atoms with E-state index in [0.29, 0.717) is 24.4 Å². The number of morpholine rings is 1. The van der Waals surface area contributed by atoms with Crippen LogP contribution in [0.25, 0.3) is 11.8 Å². The Morgan fingerprint density at radius 1 is 1.24 bits per heavy atom. The first-order chi connectivity index (χ1) is 17.8. The van der Waals surface area contributed by atoms with Crippen LogP contribution in [0.2, 0.25) is 0 Å². The number of amidine groups is 1. The third-order valence-corrected chi connectivity index (χ3v) is 7.51. The number of hydrogen-bond donors (Lipinski definition) is 1. The lowest BCUT2D eigenvalue weighted by molar-refractivity contribution is -0.0694. The Balaban J connectivity index is 0.00000156. The van der Waals surface area contributed by atoms with Gasteiger partial charge in [-0.05, 0) is 67.7 Å². The number of aryl methyl sites for hydroxylation is 1. The van der Waals surface area contributed by atoms with E-state index < -0.39 is 5.54 Å². The Bertz CT molecular complexity index is 1320. The summed E-state index contributed by atoms with van der Waals surface area (Å²) < 4.78 is 28.0. The van der Waals surface area contributed by atoms with Gasteiger partial charge < -0.3 is 18.9 Å². The molecule has 2 fully saturated rings. The molecular formula is C29H36FN4O2P. The van der Waals surface area contributed by atoms with E-state index in [-0.39, 0.29) is 11.9 Å². The van der Waals surface area contributed by atoms with Gasteiger partial charge in [-0.25, -0.2) is 9.37 Å². The summed E-state index contributed by atoms with van der Waals surface area (Å²) in [6.45, 7) is 8.97. The summed E-state index contributed by atoms with van der Waals surface area (Å²) in [5.41, 5.74) is 3.96. The van der Waals surface area contributed by atoms with Crippen molar-refractivity contribution in [3.8, 4) is 11.4 Å². The predicted molar refractivity (Wildman–Crippen MR) is 151 cm³/mol. The van der Waals surface area contributed by atoms with Gasteiger partial charge in [-0.3, -0.25) is 5.41 Å². The number of rotatable bonds is 4. The third kappa shape index (κ3) is 5.21. The molecule has 5 rings (SSSR count). The van der Waals surface area contributed by atoms with Gasteiger partial charge in [-0.15, -0.1) is 9.24 Å². The van der Waals surface area contributed by atoms with Crippen LogP contribution in [0.1, 0.15) is 50.4 Å². The van der Waals surface area contributed by atoms with Gasteiger partial charge in [0.15, 0.2) is 0 Å². The molecule has 0 spiro atoms. The molecule has 2 aromatic carbocycles. The smallest absolute Gasteiger partial charge is 0.143 e. The molecule has 6 nitrogen and oxygen atoms in total. The fourth-order valence-electron chi connectivity index (χ4n) is 5.15. The van der Waals surface area contributed by atoms with Crippen LogP contribution in [-0.4, -0.2) is 46.7 Å². The number of benzene rings is 2. The first-order valence-corrected chi connectivity index (χ1v) is 13.3. The van der Waals surface area contributed by atoms with E-state index in [0.717, 1.165) is 46.7 Å². The molecule has 196 valence electrons. The highest BCUT2D eigenvalue weighted by atomic mass is 31.0. The van der Waals surface area contributed by atoms with E-state index in [1.54, 1.807) is 25.6 Å². The van der Waals surface area contributed by atoms with Gasteiger partial charge in [-0.2, -0.15) is 0 Å². The molecule has 2 aliphatic rings. The average Bonchev–Trinajstić information content (AvgIpc) is 3.34. The van der Waals surface area contributed by atoms with E-state index >= 15 is 0 Å². The quantitative estimate of drug-likeness (QED) is 0.452.